The Hall–Kier alpha value is -0.770. The molecule has 4 heteroatoms. The molecule has 2 rings (SSSR count). The van der Waals surface area contributed by atoms with E-state index in [0.717, 1.165) is 37.6 Å². The number of aliphatic imine (C=N–C) groups is 1. The van der Waals surface area contributed by atoms with Crippen LogP contribution in [0.3, 0.4) is 0 Å². The van der Waals surface area contributed by atoms with Crippen molar-refractivity contribution in [3.63, 3.8) is 0 Å². The molecule has 1 unspecified atom stereocenters. The summed E-state index contributed by atoms with van der Waals surface area (Å²) in [6.45, 7) is 7.29. The zero-order valence-electron chi connectivity index (χ0n) is 12.1. The molecule has 18 heavy (non-hydrogen) atoms. The van der Waals surface area contributed by atoms with Crippen molar-refractivity contribution in [1.29, 1.82) is 0 Å². The number of nitrogens with zero attached hydrogens (tertiary/aromatic N) is 2. The number of likely N-dealkylation sites (N-methyl/N-ethyl adjacent to an activating group) is 1. The van der Waals surface area contributed by atoms with Crippen molar-refractivity contribution >= 4 is 5.96 Å². The molecule has 0 spiro atoms. The second-order valence-corrected chi connectivity index (χ2v) is 5.79. The van der Waals surface area contributed by atoms with Gasteiger partial charge in [-0.15, -0.1) is 0 Å². The molecule has 2 fully saturated rings. The summed E-state index contributed by atoms with van der Waals surface area (Å²) in [5.41, 5.74) is 0. The van der Waals surface area contributed by atoms with Crippen LogP contribution in [0.2, 0.25) is 0 Å². The first-order valence-corrected chi connectivity index (χ1v) is 7.44. The lowest BCUT2D eigenvalue weighted by Crippen LogP contribution is -2.40. The van der Waals surface area contributed by atoms with Gasteiger partial charge in [-0.05, 0) is 52.5 Å². The fourth-order valence-corrected chi connectivity index (χ4v) is 2.10. The number of guanidine groups is 1. The molecule has 0 aromatic rings. The van der Waals surface area contributed by atoms with Crippen LogP contribution in [0.25, 0.3) is 0 Å². The minimum atomic E-state index is 0.536. The number of hydrogen-bond acceptors (Lipinski definition) is 2. The van der Waals surface area contributed by atoms with Gasteiger partial charge in [0.1, 0.15) is 0 Å². The Morgan fingerprint density at radius 1 is 1.28 bits per heavy atom. The van der Waals surface area contributed by atoms with Gasteiger partial charge in [0.2, 0.25) is 0 Å². The van der Waals surface area contributed by atoms with E-state index < -0.39 is 0 Å². The molecule has 0 aromatic heterocycles. The van der Waals surface area contributed by atoms with E-state index in [0.29, 0.717) is 6.04 Å². The molecule has 0 heterocycles. The third-order valence-electron chi connectivity index (χ3n) is 3.93. The third-order valence-corrected chi connectivity index (χ3v) is 3.93. The van der Waals surface area contributed by atoms with Crippen LogP contribution in [0.4, 0.5) is 0 Å². The van der Waals surface area contributed by atoms with Gasteiger partial charge in [-0.1, -0.05) is 0 Å². The fraction of sp³-hybridized carbons (Fsp3) is 0.929. The molecule has 0 saturated heterocycles. The van der Waals surface area contributed by atoms with E-state index in [1.807, 2.05) is 0 Å². The Bertz CT molecular complexity index is 282. The van der Waals surface area contributed by atoms with Crippen molar-refractivity contribution in [3.05, 3.63) is 0 Å². The Kier molecular flexibility index (Phi) is 4.87. The lowest BCUT2D eigenvalue weighted by Gasteiger charge is -2.23. The molecule has 0 amide bonds. The molecule has 2 aliphatic rings. The van der Waals surface area contributed by atoms with Gasteiger partial charge in [0.15, 0.2) is 5.96 Å². The monoisotopic (exact) mass is 252 g/mol. The molecule has 2 saturated carbocycles. The van der Waals surface area contributed by atoms with Crippen molar-refractivity contribution in [1.82, 2.24) is 15.5 Å². The standard InChI is InChI=1S/C14H28N4/c1-4-15-14(17-10-12-5-6-12)16-9-11(2)18(3)13-7-8-13/h11-13H,4-10H2,1-3H3,(H2,15,16,17). The average Bonchev–Trinajstić information content (AvgIpc) is 3.24. The molecule has 0 bridgehead atoms. The van der Waals surface area contributed by atoms with Crippen molar-refractivity contribution in [2.75, 3.05) is 26.7 Å². The van der Waals surface area contributed by atoms with E-state index in [9.17, 15) is 0 Å². The van der Waals surface area contributed by atoms with Crippen molar-refractivity contribution < 1.29 is 0 Å². The lowest BCUT2D eigenvalue weighted by atomic mass is 10.3. The minimum absolute atomic E-state index is 0.536. The van der Waals surface area contributed by atoms with Crippen LogP contribution in [-0.4, -0.2) is 49.6 Å². The van der Waals surface area contributed by atoms with Gasteiger partial charge in [-0.3, -0.25) is 9.89 Å². The number of rotatable bonds is 7. The topological polar surface area (TPSA) is 39.7 Å². The Labute approximate surface area is 111 Å². The van der Waals surface area contributed by atoms with Crippen LogP contribution in [0.5, 0.6) is 0 Å². The highest BCUT2D eigenvalue weighted by Crippen LogP contribution is 2.27. The summed E-state index contributed by atoms with van der Waals surface area (Å²) in [7, 11) is 2.22. The second-order valence-electron chi connectivity index (χ2n) is 5.79. The molecule has 0 aliphatic heterocycles. The first-order valence-electron chi connectivity index (χ1n) is 7.44. The largest absolute Gasteiger partial charge is 0.357 e. The zero-order chi connectivity index (χ0) is 13.0. The Balaban J connectivity index is 1.73. The van der Waals surface area contributed by atoms with E-state index in [1.165, 1.54) is 25.7 Å². The van der Waals surface area contributed by atoms with Crippen molar-refractivity contribution in [2.45, 2.75) is 51.6 Å². The maximum Gasteiger partial charge on any atom is 0.191 e. The SMILES string of the molecule is CCNC(=NCC(C)N(C)C1CC1)NCC1CC1. The summed E-state index contributed by atoms with van der Waals surface area (Å²) in [6, 6.07) is 1.35. The average molecular weight is 252 g/mol. The van der Waals surface area contributed by atoms with Gasteiger partial charge >= 0.3 is 0 Å². The van der Waals surface area contributed by atoms with Gasteiger partial charge in [-0.25, -0.2) is 0 Å². The summed E-state index contributed by atoms with van der Waals surface area (Å²) in [6.07, 6.45) is 5.50. The highest BCUT2D eigenvalue weighted by atomic mass is 15.2. The molecule has 2 N–H and O–H groups in total. The fourth-order valence-electron chi connectivity index (χ4n) is 2.10. The first kappa shape index (κ1) is 13.7. The summed E-state index contributed by atoms with van der Waals surface area (Å²) >= 11 is 0. The van der Waals surface area contributed by atoms with Crippen LogP contribution in [0, 0.1) is 5.92 Å². The zero-order valence-corrected chi connectivity index (χ0v) is 12.1. The van der Waals surface area contributed by atoms with E-state index in [-0.39, 0.29) is 0 Å². The molecular weight excluding hydrogens is 224 g/mol. The predicted molar refractivity (Wildman–Crippen MR) is 77.0 cm³/mol. The molecule has 0 radical (unpaired) electrons. The van der Waals surface area contributed by atoms with Gasteiger partial charge in [0.25, 0.3) is 0 Å². The van der Waals surface area contributed by atoms with Gasteiger partial charge in [0.05, 0.1) is 6.54 Å². The van der Waals surface area contributed by atoms with E-state index in [4.69, 9.17) is 4.99 Å². The first-order chi connectivity index (χ1) is 8.70. The summed E-state index contributed by atoms with van der Waals surface area (Å²) in [4.78, 5) is 7.16. The van der Waals surface area contributed by atoms with E-state index >= 15 is 0 Å². The predicted octanol–water partition coefficient (Wildman–Crippen LogP) is 1.43. The van der Waals surface area contributed by atoms with Crippen LogP contribution in [0.1, 0.15) is 39.5 Å². The molecule has 2 aliphatic carbocycles. The van der Waals surface area contributed by atoms with Crippen LogP contribution in [-0.2, 0) is 0 Å². The summed E-state index contributed by atoms with van der Waals surface area (Å²) < 4.78 is 0. The van der Waals surface area contributed by atoms with Crippen molar-refractivity contribution in [2.24, 2.45) is 10.9 Å². The minimum Gasteiger partial charge on any atom is -0.357 e. The van der Waals surface area contributed by atoms with E-state index in [2.05, 4.69) is 36.4 Å². The van der Waals surface area contributed by atoms with E-state index in [1.54, 1.807) is 0 Å². The van der Waals surface area contributed by atoms with Crippen LogP contribution in [0.15, 0.2) is 4.99 Å². The summed E-state index contributed by atoms with van der Waals surface area (Å²) in [5, 5.41) is 6.77. The third kappa shape index (κ3) is 4.48. The molecule has 0 aromatic carbocycles. The number of hydrogen-bond donors (Lipinski definition) is 2. The van der Waals surface area contributed by atoms with Gasteiger partial charge in [-0.2, -0.15) is 0 Å². The normalized spacial score (nSPS) is 22.1. The molecular formula is C14H28N4. The molecule has 4 nitrogen and oxygen atoms in total. The summed E-state index contributed by atoms with van der Waals surface area (Å²) in [5.74, 6) is 1.88. The maximum absolute atomic E-state index is 4.70. The quantitative estimate of drug-likeness (QED) is 0.532. The van der Waals surface area contributed by atoms with Gasteiger partial charge in [0, 0.05) is 25.2 Å². The van der Waals surface area contributed by atoms with Crippen molar-refractivity contribution in [3.8, 4) is 0 Å². The highest BCUT2D eigenvalue weighted by Gasteiger charge is 2.28. The lowest BCUT2D eigenvalue weighted by molar-refractivity contribution is 0.253. The smallest absolute Gasteiger partial charge is 0.191 e. The van der Waals surface area contributed by atoms with Gasteiger partial charge < -0.3 is 10.6 Å². The molecule has 104 valence electrons. The maximum atomic E-state index is 4.70. The van der Waals surface area contributed by atoms with Crippen LogP contribution >= 0.6 is 0 Å². The molecule has 1 atom stereocenters. The second kappa shape index (κ2) is 6.41. The van der Waals surface area contributed by atoms with Crippen LogP contribution < -0.4 is 10.6 Å². The highest BCUT2D eigenvalue weighted by molar-refractivity contribution is 5.79. The Morgan fingerprint density at radius 2 is 2.00 bits per heavy atom. The number of nitrogens with one attached hydrogen (secondary N) is 2. The Morgan fingerprint density at radius 3 is 2.56 bits per heavy atom.